The van der Waals surface area contributed by atoms with E-state index in [9.17, 15) is 4.79 Å². The van der Waals surface area contributed by atoms with Gasteiger partial charge < -0.3 is 4.90 Å². The van der Waals surface area contributed by atoms with Crippen molar-refractivity contribution < 1.29 is 4.79 Å². The zero-order valence-corrected chi connectivity index (χ0v) is 13.7. The van der Waals surface area contributed by atoms with Crippen molar-refractivity contribution in [3.8, 4) is 0 Å². The summed E-state index contributed by atoms with van der Waals surface area (Å²) in [6, 6.07) is 17.5. The van der Waals surface area contributed by atoms with Crippen molar-refractivity contribution >= 4 is 32.7 Å². The maximum atomic E-state index is 12.7. The van der Waals surface area contributed by atoms with E-state index in [-0.39, 0.29) is 5.91 Å². The normalized spacial score (nSPS) is 10.6. The first-order chi connectivity index (χ1) is 10.6. The lowest BCUT2D eigenvalue weighted by Crippen LogP contribution is -2.26. The highest BCUT2D eigenvalue weighted by molar-refractivity contribution is 9.10. The molecule has 0 saturated carbocycles. The standard InChI is InChI=1S/C18H15BrN2O/c1-21(12-13-7-9-15(19)10-8-13)18(22)16-6-2-4-14-5-3-11-20-17(14)16/h2-11H,12H2,1H3. The van der Waals surface area contributed by atoms with Crippen LogP contribution in [0.5, 0.6) is 0 Å². The van der Waals surface area contributed by atoms with E-state index < -0.39 is 0 Å². The fourth-order valence-electron chi connectivity index (χ4n) is 2.42. The summed E-state index contributed by atoms with van der Waals surface area (Å²) in [7, 11) is 1.81. The van der Waals surface area contributed by atoms with Gasteiger partial charge in [-0.25, -0.2) is 0 Å². The third kappa shape index (κ3) is 3.02. The zero-order valence-electron chi connectivity index (χ0n) is 12.2. The first-order valence-electron chi connectivity index (χ1n) is 6.99. The molecule has 3 nitrogen and oxygen atoms in total. The van der Waals surface area contributed by atoms with Crippen molar-refractivity contribution in [2.75, 3.05) is 7.05 Å². The molecule has 2 aromatic carbocycles. The molecule has 3 rings (SSSR count). The Kier molecular flexibility index (Phi) is 4.20. The number of halogens is 1. The quantitative estimate of drug-likeness (QED) is 0.703. The Labute approximate surface area is 137 Å². The summed E-state index contributed by atoms with van der Waals surface area (Å²) >= 11 is 3.42. The molecule has 0 radical (unpaired) electrons. The van der Waals surface area contributed by atoms with E-state index in [0.717, 1.165) is 20.9 Å². The summed E-state index contributed by atoms with van der Waals surface area (Å²) in [4.78, 5) is 18.8. The average Bonchev–Trinajstić information content (AvgIpc) is 2.55. The predicted molar refractivity (Wildman–Crippen MR) is 91.7 cm³/mol. The van der Waals surface area contributed by atoms with Crippen LogP contribution in [-0.2, 0) is 6.54 Å². The Morgan fingerprint density at radius 2 is 1.82 bits per heavy atom. The number of hydrogen-bond acceptors (Lipinski definition) is 2. The third-order valence-electron chi connectivity index (χ3n) is 3.54. The molecule has 0 aliphatic rings. The van der Waals surface area contributed by atoms with Crippen LogP contribution < -0.4 is 0 Å². The van der Waals surface area contributed by atoms with E-state index in [4.69, 9.17) is 0 Å². The minimum absolute atomic E-state index is 0.0211. The van der Waals surface area contributed by atoms with Gasteiger partial charge in [0.15, 0.2) is 0 Å². The summed E-state index contributed by atoms with van der Waals surface area (Å²) < 4.78 is 1.03. The van der Waals surface area contributed by atoms with Crippen molar-refractivity contribution in [2.45, 2.75) is 6.54 Å². The molecule has 0 saturated heterocycles. The first kappa shape index (κ1) is 14.7. The van der Waals surface area contributed by atoms with Gasteiger partial charge in [-0.3, -0.25) is 9.78 Å². The molecule has 22 heavy (non-hydrogen) atoms. The number of hydrogen-bond donors (Lipinski definition) is 0. The number of rotatable bonds is 3. The molecule has 0 aliphatic carbocycles. The number of nitrogens with zero attached hydrogens (tertiary/aromatic N) is 2. The molecule has 0 spiro atoms. The SMILES string of the molecule is CN(Cc1ccc(Br)cc1)C(=O)c1cccc2cccnc12. The fraction of sp³-hybridized carbons (Fsp3) is 0.111. The first-order valence-corrected chi connectivity index (χ1v) is 7.78. The fourth-order valence-corrected chi connectivity index (χ4v) is 2.68. The van der Waals surface area contributed by atoms with Gasteiger partial charge >= 0.3 is 0 Å². The number of benzene rings is 2. The van der Waals surface area contributed by atoms with E-state index in [1.165, 1.54) is 0 Å². The van der Waals surface area contributed by atoms with E-state index in [1.807, 2.05) is 61.6 Å². The van der Waals surface area contributed by atoms with Gasteiger partial charge in [-0.05, 0) is 29.8 Å². The van der Waals surface area contributed by atoms with Crippen molar-refractivity contribution in [3.63, 3.8) is 0 Å². The lowest BCUT2D eigenvalue weighted by Gasteiger charge is -2.18. The minimum Gasteiger partial charge on any atom is -0.337 e. The van der Waals surface area contributed by atoms with Gasteiger partial charge in [-0.1, -0.05) is 46.3 Å². The highest BCUT2D eigenvalue weighted by Gasteiger charge is 2.15. The number of carbonyl (C=O) groups is 1. The lowest BCUT2D eigenvalue weighted by molar-refractivity contribution is 0.0787. The van der Waals surface area contributed by atoms with Gasteiger partial charge in [0.2, 0.25) is 0 Å². The molecule has 0 aliphatic heterocycles. The molecular weight excluding hydrogens is 340 g/mol. The molecule has 0 bridgehead atoms. The van der Waals surface area contributed by atoms with Gasteiger partial charge in [-0.2, -0.15) is 0 Å². The monoisotopic (exact) mass is 354 g/mol. The average molecular weight is 355 g/mol. The van der Waals surface area contributed by atoms with Crippen molar-refractivity contribution in [1.29, 1.82) is 0 Å². The predicted octanol–water partition coefficient (Wildman–Crippen LogP) is 4.27. The maximum absolute atomic E-state index is 12.7. The Bertz CT molecular complexity index is 809. The summed E-state index contributed by atoms with van der Waals surface area (Å²) in [5.41, 5.74) is 2.47. The molecule has 0 atom stereocenters. The number of para-hydroxylation sites is 1. The highest BCUT2D eigenvalue weighted by Crippen LogP contribution is 2.18. The molecule has 0 N–H and O–H groups in total. The second kappa shape index (κ2) is 6.28. The topological polar surface area (TPSA) is 33.2 Å². The van der Waals surface area contributed by atoms with Crippen molar-refractivity contribution in [2.24, 2.45) is 0 Å². The Morgan fingerprint density at radius 1 is 1.09 bits per heavy atom. The Morgan fingerprint density at radius 3 is 2.59 bits per heavy atom. The van der Waals surface area contributed by atoms with Gasteiger partial charge in [0.1, 0.15) is 0 Å². The summed E-state index contributed by atoms with van der Waals surface area (Å²) in [5, 5.41) is 0.977. The highest BCUT2D eigenvalue weighted by atomic mass is 79.9. The van der Waals surface area contributed by atoms with Gasteiger partial charge in [0, 0.05) is 29.6 Å². The zero-order chi connectivity index (χ0) is 15.5. The van der Waals surface area contributed by atoms with Crippen LogP contribution in [0.15, 0.2) is 65.3 Å². The van der Waals surface area contributed by atoms with Crippen LogP contribution in [0.2, 0.25) is 0 Å². The molecule has 4 heteroatoms. The van der Waals surface area contributed by atoms with E-state index in [1.54, 1.807) is 11.1 Å². The summed E-state index contributed by atoms with van der Waals surface area (Å²) in [6.45, 7) is 0.565. The van der Waals surface area contributed by atoms with E-state index in [2.05, 4.69) is 20.9 Å². The number of carbonyl (C=O) groups excluding carboxylic acids is 1. The summed E-state index contributed by atoms with van der Waals surface area (Å²) in [5.74, 6) is -0.0211. The van der Waals surface area contributed by atoms with Crippen LogP contribution >= 0.6 is 15.9 Å². The molecule has 1 heterocycles. The van der Waals surface area contributed by atoms with Crippen molar-refractivity contribution in [3.05, 3.63) is 76.4 Å². The van der Waals surface area contributed by atoms with Gasteiger partial charge in [0.05, 0.1) is 11.1 Å². The summed E-state index contributed by atoms with van der Waals surface area (Å²) in [6.07, 6.45) is 1.72. The lowest BCUT2D eigenvalue weighted by atomic mass is 10.1. The second-order valence-corrected chi connectivity index (χ2v) is 6.08. The molecule has 3 aromatic rings. The number of pyridine rings is 1. The molecule has 1 aromatic heterocycles. The van der Waals surface area contributed by atoms with Gasteiger partial charge in [-0.15, -0.1) is 0 Å². The molecular formula is C18H15BrN2O. The Balaban J connectivity index is 1.87. The molecule has 1 amide bonds. The number of amides is 1. The van der Waals surface area contributed by atoms with Crippen LogP contribution in [0, 0.1) is 0 Å². The van der Waals surface area contributed by atoms with E-state index in [0.29, 0.717) is 12.1 Å². The van der Waals surface area contributed by atoms with Gasteiger partial charge in [0.25, 0.3) is 5.91 Å². The van der Waals surface area contributed by atoms with Crippen LogP contribution in [0.1, 0.15) is 15.9 Å². The third-order valence-corrected chi connectivity index (χ3v) is 4.07. The molecule has 110 valence electrons. The smallest absolute Gasteiger partial charge is 0.256 e. The largest absolute Gasteiger partial charge is 0.337 e. The van der Waals surface area contributed by atoms with Crippen molar-refractivity contribution in [1.82, 2.24) is 9.88 Å². The molecule has 0 unspecified atom stereocenters. The number of fused-ring (bicyclic) bond motifs is 1. The van der Waals surface area contributed by atoms with Crippen LogP contribution in [0.25, 0.3) is 10.9 Å². The van der Waals surface area contributed by atoms with Crippen LogP contribution in [0.4, 0.5) is 0 Å². The Hall–Kier alpha value is -2.20. The van der Waals surface area contributed by atoms with E-state index >= 15 is 0 Å². The second-order valence-electron chi connectivity index (χ2n) is 5.17. The number of aromatic nitrogens is 1. The van der Waals surface area contributed by atoms with Crippen LogP contribution in [0.3, 0.4) is 0 Å². The molecule has 0 fully saturated rings. The maximum Gasteiger partial charge on any atom is 0.256 e. The minimum atomic E-state index is -0.0211. The van der Waals surface area contributed by atoms with Crippen LogP contribution in [-0.4, -0.2) is 22.8 Å².